The van der Waals surface area contributed by atoms with Crippen LogP contribution in [0.15, 0.2) is 18.2 Å². The number of halogens is 1. The Morgan fingerprint density at radius 3 is 2.76 bits per heavy atom. The van der Waals surface area contributed by atoms with Crippen LogP contribution in [0, 0.1) is 10.1 Å². The average Bonchev–Trinajstić information content (AvgIpc) is 2.48. The second-order valence-electron chi connectivity index (χ2n) is 5.11. The maximum absolute atomic E-state index is 10.9. The number of hydrogen-bond acceptors (Lipinski definition) is 5. The number of likely N-dealkylation sites (tertiary alicyclic amines) is 1. The number of rotatable bonds is 6. The Bertz CT molecular complexity index is 490. The van der Waals surface area contributed by atoms with Gasteiger partial charge in [-0.2, -0.15) is 0 Å². The Labute approximate surface area is 128 Å². The molecule has 6 nitrogen and oxygen atoms in total. The van der Waals surface area contributed by atoms with E-state index in [1.807, 2.05) is 6.07 Å². The molecule has 0 bridgehead atoms. The van der Waals surface area contributed by atoms with Crippen molar-refractivity contribution in [2.45, 2.75) is 25.5 Å². The third-order valence-electron chi connectivity index (χ3n) is 3.59. The van der Waals surface area contributed by atoms with E-state index in [4.69, 9.17) is 21.4 Å². The van der Waals surface area contributed by atoms with E-state index in [0.29, 0.717) is 13.2 Å². The van der Waals surface area contributed by atoms with Crippen molar-refractivity contribution in [2.75, 3.05) is 26.3 Å². The number of benzene rings is 1. The summed E-state index contributed by atoms with van der Waals surface area (Å²) in [5.41, 5.74) is 0.844. The summed E-state index contributed by atoms with van der Waals surface area (Å²) in [6, 6.07) is 4.94. The van der Waals surface area contributed by atoms with Crippen LogP contribution in [-0.4, -0.2) is 47.3 Å². The minimum atomic E-state index is -0.458. The first-order chi connectivity index (χ1) is 10.1. The Balaban J connectivity index is 1.89. The molecule has 21 heavy (non-hydrogen) atoms. The summed E-state index contributed by atoms with van der Waals surface area (Å²) in [5, 5.41) is 19.8. The van der Waals surface area contributed by atoms with E-state index in [1.165, 1.54) is 6.07 Å². The van der Waals surface area contributed by atoms with E-state index in [9.17, 15) is 10.1 Å². The molecule has 1 aromatic carbocycles. The molecule has 7 heteroatoms. The van der Waals surface area contributed by atoms with Gasteiger partial charge in [0.05, 0.1) is 24.2 Å². The third kappa shape index (κ3) is 4.64. The lowest BCUT2D eigenvalue weighted by Crippen LogP contribution is -2.36. The smallest absolute Gasteiger partial charge is 0.288 e. The molecule has 1 aliphatic rings. The van der Waals surface area contributed by atoms with E-state index in [0.717, 1.165) is 31.5 Å². The number of piperidine rings is 1. The molecule has 1 saturated heterocycles. The van der Waals surface area contributed by atoms with E-state index in [1.54, 1.807) is 6.07 Å². The standard InChI is InChI=1S/C14H19ClN2O4/c15-13-2-1-11(9-14(13)17(19)20)10-16-5-3-12(4-6-16)21-8-7-18/h1-2,9,12,18H,3-8,10H2. The molecule has 1 N–H and O–H groups in total. The number of nitro groups is 1. The van der Waals surface area contributed by atoms with E-state index in [2.05, 4.69) is 4.90 Å². The highest BCUT2D eigenvalue weighted by Crippen LogP contribution is 2.26. The van der Waals surface area contributed by atoms with Crippen LogP contribution in [0.25, 0.3) is 0 Å². The van der Waals surface area contributed by atoms with E-state index < -0.39 is 4.92 Å². The van der Waals surface area contributed by atoms with Gasteiger partial charge in [-0.3, -0.25) is 15.0 Å². The van der Waals surface area contributed by atoms with E-state index in [-0.39, 0.29) is 23.4 Å². The van der Waals surface area contributed by atoms with Gasteiger partial charge in [0.15, 0.2) is 0 Å². The molecule has 0 aromatic heterocycles. The number of nitro benzene ring substituents is 1. The summed E-state index contributed by atoms with van der Waals surface area (Å²) in [5.74, 6) is 0. The lowest BCUT2D eigenvalue weighted by molar-refractivity contribution is -0.384. The van der Waals surface area contributed by atoms with Gasteiger partial charge in [0.1, 0.15) is 5.02 Å². The average molecular weight is 315 g/mol. The van der Waals surface area contributed by atoms with Crippen molar-refractivity contribution in [3.05, 3.63) is 38.9 Å². The van der Waals surface area contributed by atoms with Crippen LogP contribution >= 0.6 is 11.6 Å². The largest absolute Gasteiger partial charge is 0.394 e. The Kier molecular flexibility index (Phi) is 5.93. The molecule has 1 aromatic rings. The molecule has 0 saturated carbocycles. The van der Waals surface area contributed by atoms with Crippen LogP contribution < -0.4 is 0 Å². The summed E-state index contributed by atoms with van der Waals surface area (Å²) in [6.45, 7) is 2.87. The third-order valence-corrected chi connectivity index (χ3v) is 3.91. The first-order valence-corrected chi connectivity index (χ1v) is 7.35. The van der Waals surface area contributed by atoms with Gasteiger partial charge >= 0.3 is 0 Å². The molecular weight excluding hydrogens is 296 g/mol. The number of ether oxygens (including phenoxy) is 1. The molecule has 1 aliphatic heterocycles. The lowest BCUT2D eigenvalue weighted by atomic mass is 10.1. The fourth-order valence-electron chi connectivity index (χ4n) is 2.51. The maximum atomic E-state index is 10.9. The fraction of sp³-hybridized carbons (Fsp3) is 0.571. The van der Waals surface area contributed by atoms with Crippen LogP contribution in [0.2, 0.25) is 5.02 Å². The summed E-state index contributed by atoms with van der Waals surface area (Å²) >= 11 is 5.81. The predicted octanol–water partition coefficient (Wildman–Crippen LogP) is 2.22. The molecule has 0 atom stereocenters. The summed E-state index contributed by atoms with van der Waals surface area (Å²) in [7, 11) is 0. The molecule has 1 fully saturated rings. The SMILES string of the molecule is O=[N+]([O-])c1cc(CN2CCC(OCCO)CC2)ccc1Cl. The highest BCUT2D eigenvalue weighted by atomic mass is 35.5. The molecule has 2 rings (SSSR count). The second-order valence-corrected chi connectivity index (χ2v) is 5.52. The second kappa shape index (κ2) is 7.70. The van der Waals surface area contributed by atoms with Gasteiger partial charge < -0.3 is 9.84 Å². The summed E-state index contributed by atoms with van der Waals surface area (Å²) < 4.78 is 5.51. The zero-order chi connectivity index (χ0) is 15.2. The lowest BCUT2D eigenvalue weighted by Gasteiger charge is -2.31. The van der Waals surface area contributed by atoms with Crippen LogP contribution in [0.4, 0.5) is 5.69 Å². The quantitative estimate of drug-likeness (QED) is 0.643. The number of nitrogens with zero attached hydrogens (tertiary/aromatic N) is 2. The number of hydrogen-bond donors (Lipinski definition) is 1. The zero-order valence-electron chi connectivity index (χ0n) is 11.7. The number of aliphatic hydroxyl groups excluding tert-OH is 1. The van der Waals surface area contributed by atoms with Gasteiger partial charge in [-0.05, 0) is 24.5 Å². The van der Waals surface area contributed by atoms with Gasteiger partial charge in [-0.1, -0.05) is 17.7 Å². The molecule has 0 amide bonds. The van der Waals surface area contributed by atoms with Crippen molar-refractivity contribution in [1.82, 2.24) is 4.90 Å². The van der Waals surface area contributed by atoms with Crippen molar-refractivity contribution < 1.29 is 14.8 Å². The van der Waals surface area contributed by atoms with Crippen molar-refractivity contribution in [1.29, 1.82) is 0 Å². The minimum absolute atomic E-state index is 0.0460. The highest BCUT2D eigenvalue weighted by Gasteiger charge is 2.20. The maximum Gasteiger partial charge on any atom is 0.288 e. The first kappa shape index (κ1) is 16.2. The topological polar surface area (TPSA) is 75.8 Å². The van der Waals surface area contributed by atoms with Gasteiger partial charge in [0.2, 0.25) is 0 Å². The van der Waals surface area contributed by atoms with Crippen molar-refractivity contribution in [3.63, 3.8) is 0 Å². The predicted molar refractivity (Wildman–Crippen MR) is 79.4 cm³/mol. The molecule has 0 spiro atoms. The van der Waals surface area contributed by atoms with E-state index >= 15 is 0 Å². The molecule has 116 valence electrons. The Hall–Kier alpha value is -1.21. The Morgan fingerprint density at radius 2 is 2.14 bits per heavy atom. The molecule has 0 aliphatic carbocycles. The van der Waals surface area contributed by atoms with Crippen molar-refractivity contribution in [2.24, 2.45) is 0 Å². The van der Waals surface area contributed by atoms with Gasteiger partial charge in [0.25, 0.3) is 5.69 Å². The van der Waals surface area contributed by atoms with Crippen LogP contribution in [0.3, 0.4) is 0 Å². The number of aliphatic hydroxyl groups is 1. The normalized spacial score (nSPS) is 17.0. The van der Waals surface area contributed by atoms with Crippen LogP contribution in [-0.2, 0) is 11.3 Å². The van der Waals surface area contributed by atoms with Gasteiger partial charge in [-0.25, -0.2) is 0 Å². The first-order valence-electron chi connectivity index (χ1n) is 6.98. The fourth-order valence-corrected chi connectivity index (χ4v) is 2.69. The van der Waals surface area contributed by atoms with Crippen molar-refractivity contribution in [3.8, 4) is 0 Å². The summed E-state index contributed by atoms with van der Waals surface area (Å²) in [4.78, 5) is 12.7. The van der Waals surface area contributed by atoms with Crippen LogP contribution in [0.1, 0.15) is 18.4 Å². The minimum Gasteiger partial charge on any atom is -0.394 e. The zero-order valence-corrected chi connectivity index (χ0v) is 12.5. The van der Waals surface area contributed by atoms with Crippen molar-refractivity contribution >= 4 is 17.3 Å². The molecular formula is C14H19ClN2O4. The monoisotopic (exact) mass is 314 g/mol. The Morgan fingerprint density at radius 1 is 1.43 bits per heavy atom. The summed E-state index contributed by atoms with van der Waals surface area (Å²) in [6.07, 6.45) is 2.03. The van der Waals surface area contributed by atoms with Crippen LogP contribution in [0.5, 0.6) is 0 Å². The molecule has 0 unspecified atom stereocenters. The molecule has 0 radical (unpaired) electrons. The molecule has 1 heterocycles. The van der Waals surface area contributed by atoms with Gasteiger partial charge in [-0.15, -0.1) is 0 Å². The van der Waals surface area contributed by atoms with Gasteiger partial charge in [0, 0.05) is 25.7 Å². The highest BCUT2D eigenvalue weighted by molar-refractivity contribution is 6.32.